The summed E-state index contributed by atoms with van der Waals surface area (Å²) in [7, 11) is 0. The molecule has 1 aliphatic rings. The lowest BCUT2D eigenvalue weighted by atomic mass is 9.74. The first kappa shape index (κ1) is 18.8. The summed E-state index contributed by atoms with van der Waals surface area (Å²) in [5.74, 6) is -10.9. The van der Waals surface area contributed by atoms with Gasteiger partial charge in [-0.2, -0.15) is 22.0 Å². The number of halogens is 5. The zero-order chi connectivity index (χ0) is 17.6. The van der Waals surface area contributed by atoms with Gasteiger partial charge < -0.3 is 14.6 Å². The highest BCUT2D eigenvalue weighted by Gasteiger charge is 2.79. The molecule has 0 aromatic heterocycles. The Morgan fingerprint density at radius 3 is 2.32 bits per heavy atom. The zero-order valence-electron chi connectivity index (χ0n) is 12.3. The third-order valence-corrected chi connectivity index (χ3v) is 3.79. The molecule has 1 aliphatic heterocycles. The molecule has 0 radical (unpaired) electrons. The maximum Gasteiger partial charge on any atom is 0.449 e. The molecule has 1 saturated heterocycles. The lowest BCUT2D eigenvalue weighted by Gasteiger charge is -2.51. The molecule has 3 atom stereocenters. The number of esters is 1. The lowest BCUT2D eigenvalue weighted by molar-refractivity contribution is -0.471. The third kappa shape index (κ3) is 2.71. The van der Waals surface area contributed by atoms with Crippen LogP contribution in [0, 0.1) is 5.41 Å². The van der Waals surface area contributed by atoms with Crippen molar-refractivity contribution >= 4 is 5.97 Å². The molecule has 128 valence electrons. The van der Waals surface area contributed by atoms with E-state index in [-0.39, 0.29) is 12.0 Å². The van der Waals surface area contributed by atoms with Crippen molar-refractivity contribution in [3.05, 3.63) is 12.2 Å². The second-order valence-corrected chi connectivity index (χ2v) is 5.63. The standard InChI is InChI=1S/C13H17F5O4/c1-5-10(4)6-21-12(20,13(16,17)18)11(14,15)9(10)22-8(19)7(2)3/h9,20H,2,5-6H2,1,3-4H3. The summed E-state index contributed by atoms with van der Waals surface area (Å²) in [6.07, 6.45) is -8.35. The average Bonchev–Trinajstić information content (AvgIpc) is 2.38. The quantitative estimate of drug-likeness (QED) is 0.491. The second kappa shape index (κ2) is 5.45. The summed E-state index contributed by atoms with van der Waals surface area (Å²) in [5, 5.41) is 9.37. The van der Waals surface area contributed by atoms with Gasteiger partial charge in [0, 0.05) is 11.0 Å². The summed E-state index contributed by atoms with van der Waals surface area (Å²) in [6.45, 7) is 6.12. The van der Waals surface area contributed by atoms with Crippen LogP contribution < -0.4 is 0 Å². The Kier molecular flexibility index (Phi) is 4.66. The maximum absolute atomic E-state index is 14.3. The molecule has 3 unspecified atom stereocenters. The van der Waals surface area contributed by atoms with Crippen molar-refractivity contribution in [2.24, 2.45) is 5.41 Å². The van der Waals surface area contributed by atoms with E-state index >= 15 is 0 Å². The molecule has 0 amide bonds. The molecule has 1 N–H and O–H groups in total. The molecule has 0 aromatic carbocycles. The van der Waals surface area contributed by atoms with Crippen molar-refractivity contribution < 1.29 is 41.3 Å². The fourth-order valence-electron chi connectivity index (χ4n) is 2.04. The molecular weight excluding hydrogens is 315 g/mol. The van der Waals surface area contributed by atoms with Crippen molar-refractivity contribution in [3.63, 3.8) is 0 Å². The van der Waals surface area contributed by atoms with Crippen molar-refractivity contribution in [2.45, 2.75) is 51.2 Å². The Balaban J connectivity index is 3.35. The molecule has 1 rings (SSSR count). The van der Waals surface area contributed by atoms with Gasteiger partial charge in [-0.05, 0) is 13.3 Å². The molecule has 0 bridgehead atoms. The van der Waals surface area contributed by atoms with Crippen LogP contribution in [0.3, 0.4) is 0 Å². The van der Waals surface area contributed by atoms with Crippen LogP contribution in [0.4, 0.5) is 22.0 Å². The van der Waals surface area contributed by atoms with E-state index in [1.54, 1.807) is 0 Å². The minimum atomic E-state index is -5.76. The van der Waals surface area contributed by atoms with Gasteiger partial charge in [-0.15, -0.1) is 0 Å². The van der Waals surface area contributed by atoms with E-state index in [1.165, 1.54) is 20.8 Å². The van der Waals surface area contributed by atoms with Crippen molar-refractivity contribution in [1.29, 1.82) is 0 Å². The summed E-state index contributed by atoms with van der Waals surface area (Å²) < 4.78 is 75.8. The molecule has 0 spiro atoms. The average molecular weight is 332 g/mol. The fraction of sp³-hybridized carbons (Fsp3) is 0.769. The molecule has 22 heavy (non-hydrogen) atoms. The molecule has 0 aliphatic carbocycles. The first-order chi connectivity index (χ1) is 9.73. The highest BCUT2D eigenvalue weighted by Crippen LogP contribution is 2.54. The Bertz CT molecular complexity index is 476. The molecule has 0 saturated carbocycles. The summed E-state index contributed by atoms with van der Waals surface area (Å²) >= 11 is 0. The SMILES string of the molecule is C=C(C)C(=O)OC1C(C)(CC)COC(O)(C(F)(F)F)C1(F)F. The predicted molar refractivity (Wildman–Crippen MR) is 65.0 cm³/mol. The Labute approximate surface area is 123 Å². The van der Waals surface area contributed by atoms with Gasteiger partial charge in [0.15, 0.2) is 6.10 Å². The highest BCUT2D eigenvalue weighted by atomic mass is 19.4. The second-order valence-electron chi connectivity index (χ2n) is 5.63. The van der Waals surface area contributed by atoms with Gasteiger partial charge >= 0.3 is 23.9 Å². The monoisotopic (exact) mass is 332 g/mol. The number of hydrogen-bond donors (Lipinski definition) is 1. The minimum Gasteiger partial charge on any atom is -0.452 e. The lowest BCUT2D eigenvalue weighted by Crippen LogP contribution is -2.73. The topological polar surface area (TPSA) is 55.8 Å². The number of ether oxygens (including phenoxy) is 2. The predicted octanol–water partition coefficient (Wildman–Crippen LogP) is 2.81. The van der Waals surface area contributed by atoms with Crippen LogP contribution in [-0.4, -0.2) is 41.7 Å². The summed E-state index contributed by atoms with van der Waals surface area (Å²) in [6, 6.07) is 0. The van der Waals surface area contributed by atoms with Crippen LogP contribution in [0.1, 0.15) is 27.2 Å². The number of carbonyl (C=O) groups is 1. The van der Waals surface area contributed by atoms with E-state index in [2.05, 4.69) is 16.1 Å². The Morgan fingerprint density at radius 1 is 1.45 bits per heavy atom. The number of rotatable bonds is 3. The molecule has 9 heteroatoms. The van der Waals surface area contributed by atoms with Crippen LogP contribution >= 0.6 is 0 Å². The number of aliphatic hydroxyl groups is 1. The highest BCUT2D eigenvalue weighted by molar-refractivity contribution is 5.87. The normalized spacial score (nSPS) is 35.0. The first-order valence-electron chi connectivity index (χ1n) is 6.40. The van der Waals surface area contributed by atoms with Crippen molar-refractivity contribution in [3.8, 4) is 0 Å². The van der Waals surface area contributed by atoms with Crippen LogP contribution in [0.15, 0.2) is 12.2 Å². The fourth-order valence-corrected chi connectivity index (χ4v) is 2.04. The zero-order valence-corrected chi connectivity index (χ0v) is 12.3. The van der Waals surface area contributed by atoms with Crippen LogP contribution in [-0.2, 0) is 14.3 Å². The van der Waals surface area contributed by atoms with Gasteiger partial charge in [-0.1, -0.05) is 20.4 Å². The number of hydrogen-bond acceptors (Lipinski definition) is 4. The molecule has 4 nitrogen and oxygen atoms in total. The summed E-state index contributed by atoms with van der Waals surface area (Å²) in [5.41, 5.74) is -1.86. The Hall–Kier alpha value is -1.22. The van der Waals surface area contributed by atoms with E-state index in [1.807, 2.05) is 0 Å². The van der Waals surface area contributed by atoms with Gasteiger partial charge in [0.2, 0.25) is 0 Å². The van der Waals surface area contributed by atoms with E-state index in [0.29, 0.717) is 0 Å². The van der Waals surface area contributed by atoms with E-state index in [0.717, 1.165) is 0 Å². The molecule has 1 fully saturated rings. The third-order valence-electron chi connectivity index (χ3n) is 3.79. The van der Waals surface area contributed by atoms with Crippen LogP contribution in [0.25, 0.3) is 0 Å². The van der Waals surface area contributed by atoms with Crippen molar-refractivity contribution in [1.82, 2.24) is 0 Å². The minimum absolute atomic E-state index is 0.0648. The van der Waals surface area contributed by atoms with Crippen LogP contribution in [0.5, 0.6) is 0 Å². The van der Waals surface area contributed by atoms with Gasteiger partial charge in [-0.3, -0.25) is 0 Å². The van der Waals surface area contributed by atoms with Gasteiger partial charge in [0.25, 0.3) is 0 Å². The van der Waals surface area contributed by atoms with Crippen molar-refractivity contribution in [2.75, 3.05) is 6.61 Å². The van der Waals surface area contributed by atoms with Gasteiger partial charge in [-0.25, -0.2) is 4.79 Å². The molecule has 1 heterocycles. The molecular formula is C13H17F5O4. The van der Waals surface area contributed by atoms with Gasteiger partial charge in [0.05, 0.1) is 6.61 Å². The van der Waals surface area contributed by atoms with Crippen LogP contribution in [0.2, 0.25) is 0 Å². The smallest absolute Gasteiger partial charge is 0.449 e. The molecule has 0 aromatic rings. The van der Waals surface area contributed by atoms with Gasteiger partial charge in [0.1, 0.15) is 0 Å². The number of carbonyl (C=O) groups excluding carboxylic acids is 1. The number of alkyl halides is 5. The maximum atomic E-state index is 14.3. The Morgan fingerprint density at radius 2 is 1.95 bits per heavy atom. The largest absolute Gasteiger partial charge is 0.452 e. The van der Waals surface area contributed by atoms with E-state index < -0.39 is 42.0 Å². The first-order valence-corrected chi connectivity index (χ1v) is 6.40. The van der Waals surface area contributed by atoms with E-state index in [9.17, 15) is 31.9 Å². The van der Waals surface area contributed by atoms with E-state index in [4.69, 9.17) is 0 Å². The summed E-state index contributed by atoms with van der Waals surface area (Å²) in [4.78, 5) is 11.5.